The van der Waals surface area contributed by atoms with E-state index in [4.69, 9.17) is 19.3 Å². The summed E-state index contributed by atoms with van der Waals surface area (Å²) in [5, 5.41) is 0. The van der Waals surface area contributed by atoms with Gasteiger partial charge in [-0.2, -0.15) is 0 Å². The topological polar surface area (TPSA) is 119 Å². The van der Waals surface area contributed by atoms with Crippen LogP contribution in [0.2, 0.25) is 0 Å². The van der Waals surface area contributed by atoms with E-state index in [0.717, 1.165) is 44.9 Å². The van der Waals surface area contributed by atoms with Gasteiger partial charge in [-0.25, -0.2) is 4.57 Å². The van der Waals surface area contributed by atoms with Crippen LogP contribution < -0.4 is 0 Å². The lowest BCUT2D eigenvalue weighted by Crippen LogP contribution is -2.29. The molecule has 0 saturated heterocycles. The minimum absolute atomic E-state index is 0.219. The molecule has 9 heteroatoms. The van der Waals surface area contributed by atoms with Gasteiger partial charge in [0.2, 0.25) is 0 Å². The number of hydrogen-bond donors (Lipinski definition) is 2. The van der Waals surface area contributed by atoms with Gasteiger partial charge in [0, 0.05) is 12.8 Å². The lowest BCUT2D eigenvalue weighted by Gasteiger charge is -2.18. The number of rotatable bonds is 30. The van der Waals surface area contributed by atoms with Crippen LogP contribution in [0.25, 0.3) is 0 Å². The monoisotopic (exact) mass is 592 g/mol. The molecule has 0 aliphatic rings. The minimum atomic E-state index is -4.73. The summed E-state index contributed by atoms with van der Waals surface area (Å²) >= 11 is 0. The summed E-state index contributed by atoms with van der Waals surface area (Å²) in [7, 11) is -4.73. The number of unbranched alkanes of at least 4 members (excludes halogenated alkanes) is 20. The van der Waals surface area contributed by atoms with Gasteiger partial charge >= 0.3 is 19.8 Å². The zero-order chi connectivity index (χ0) is 29.7. The van der Waals surface area contributed by atoms with E-state index >= 15 is 0 Å². The second-order valence-corrected chi connectivity index (χ2v) is 12.4. The molecule has 0 aromatic heterocycles. The van der Waals surface area contributed by atoms with Gasteiger partial charge in [0.15, 0.2) is 6.10 Å². The van der Waals surface area contributed by atoms with E-state index in [9.17, 15) is 14.2 Å². The molecule has 0 aliphatic carbocycles. The number of esters is 2. The Kier molecular flexibility index (Phi) is 27.5. The molecule has 0 spiro atoms. The summed E-state index contributed by atoms with van der Waals surface area (Å²) < 4.78 is 26.0. The van der Waals surface area contributed by atoms with Crippen molar-refractivity contribution in [1.82, 2.24) is 0 Å². The molecular weight excluding hydrogens is 531 g/mol. The van der Waals surface area contributed by atoms with E-state index in [1.54, 1.807) is 0 Å². The zero-order valence-corrected chi connectivity index (χ0v) is 26.6. The molecule has 0 bridgehead atoms. The largest absolute Gasteiger partial charge is 0.469 e. The first-order valence-corrected chi connectivity index (χ1v) is 17.9. The molecule has 238 valence electrons. The molecule has 0 aliphatic heterocycles. The first-order chi connectivity index (χ1) is 19.3. The second-order valence-electron chi connectivity index (χ2n) is 11.2. The molecule has 1 unspecified atom stereocenters. The van der Waals surface area contributed by atoms with Crippen LogP contribution in [-0.2, 0) is 28.2 Å². The normalized spacial score (nSPS) is 12.4. The van der Waals surface area contributed by atoms with Crippen molar-refractivity contribution in [2.45, 2.75) is 174 Å². The Morgan fingerprint density at radius 2 is 0.900 bits per heavy atom. The Morgan fingerprint density at radius 3 is 1.27 bits per heavy atom. The van der Waals surface area contributed by atoms with E-state index in [-0.39, 0.29) is 19.4 Å². The van der Waals surface area contributed by atoms with Gasteiger partial charge in [-0.1, -0.05) is 142 Å². The standard InChI is InChI=1S/C31H61O8P/c1-3-5-7-9-10-11-12-13-14-15-16-17-18-19-20-22-24-26-31(33)39-29(28-38-40(34,35)36)27-37-30(32)25-23-21-8-6-4-2/h29H,3-28H2,1-2H3,(H2,34,35,36). The van der Waals surface area contributed by atoms with Gasteiger partial charge in [0.05, 0.1) is 6.61 Å². The Labute approximate surface area is 244 Å². The average molecular weight is 593 g/mol. The quantitative estimate of drug-likeness (QED) is 0.0482. The summed E-state index contributed by atoms with van der Waals surface area (Å²) in [6, 6.07) is 0. The van der Waals surface area contributed by atoms with Crippen LogP contribution in [0.5, 0.6) is 0 Å². The molecule has 40 heavy (non-hydrogen) atoms. The Morgan fingerprint density at radius 1 is 0.550 bits per heavy atom. The van der Waals surface area contributed by atoms with E-state index in [1.807, 2.05) is 0 Å². The maximum atomic E-state index is 12.2. The summed E-state index contributed by atoms with van der Waals surface area (Å²) in [5.41, 5.74) is 0. The Balaban J connectivity index is 3.85. The number of phosphoric acid groups is 1. The summed E-state index contributed by atoms with van der Waals surface area (Å²) in [6.07, 6.45) is 25.9. The number of hydrogen-bond acceptors (Lipinski definition) is 6. The maximum Gasteiger partial charge on any atom is 0.469 e. The average Bonchev–Trinajstić information content (AvgIpc) is 2.91. The molecule has 0 aromatic carbocycles. The number of ether oxygens (including phenoxy) is 2. The predicted molar refractivity (Wildman–Crippen MR) is 161 cm³/mol. The smallest absolute Gasteiger partial charge is 0.462 e. The van der Waals surface area contributed by atoms with Crippen molar-refractivity contribution in [2.75, 3.05) is 13.2 Å². The van der Waals surface area contributed by atoms with Crippen molar-refractivity contribution in [3.63, 3.8) is 0 Å². The molecule has 0 radical (unpaired) electrons. The molecule has 0 aromatic rings. The van der Waals surface area contributed by atoms with Gasteiger partial charge in [-0.15, -0.1) is 0 Å². The van der Waals surface area contributed by atoms with Crippen LogP contribution in [-0.4, -0.2) is 41.0 Å². The molecule has 0 fully saturated rings. The van der Waals surface area contributed by atoms with E-state index < -0.39 is 32.5 Å². The maximum absolute atomic E-state index is 12.2. The van der Waals surface area contributed by atoms with Crippen molar-refractivity contribution in [2.24, 2.45) is 0 Å². The highest BCUT2D eigenvalue weighted by Gasteiger charge is 2.22. The number of carbonyl (C=O) groups is 2. The van der Waals surface area contributed by atoms with Crippen LogP contribution in [0.4, 0.5) is 0 Å². The van der Waals surface area contributed by atoms with Crippen LogP contribution in [0, 0.1) is 0 Å². The van der Waals surface area contributed by atoms with Crippen molar-refractivity contribution in [3.8, 4) is 0 Å². The molecule has 0 rings (SSSR count). The fourth-order valence-electron chi connectivity index (χ4n) is 4.67. The molecule has 0 heterocycles. The van der Waals surface area contributed by atoms with E-state index in [1.165, 1.54) is 89.9 Å². The first kappa shape index (κ1) is 39.0. The molecule has 8 nitrogen and oxygen atoms in total. The minimum Gasteiger partial charge on any atom is -0.462 e. The van der Waals surface area contributed by atoms with E-state index in [0.29, 0.717) is 6.42 Å². The molecule has 0 amide bonds. The highest BCUT2D eigenvalue weighted by Crippen LogP contribution is 2.35. The van der Waals surface area contributed by atoms with E-state index in [2.05, 4.69) is 18.4 Å². The first-order valence-electron chi connectivity index (χ1n) is 16.3. The van der Waals surface area contributed by atoms with Gasteiger partial charge in [-0.05, 0) is 12.8 Å². The van der Waals surface area contributed by atoms with Crippen LogP contribution in [0.15, 0.2) is 0 Å². The molecule has 1 atom stereocenters. The lowest BCUT2D eigenvalue weighted by molar-refractivity contribution is -0.161. The third-order valence-electron chi connectivity index (χ3n) is 7.13. The number of carbonyl (C=O) groups excluding carboxylic acids is 2. The zero-order valence-electron chi connectivity index (χ0n) is 25.8. The lowest BCUT2D eigenvalue weighted by atomic mass is 10.0. The second kappa shape index (κ2) is 28.2. The van der Waals surface area contributed by atoms with Gasteiger partial charge in [-0.3, -0.25) is 14.1 Å². The van der Waals surface area contributed by atoms with Crippen molar-refractivity contribution < 1.29 is 37.9 Å². The van der Waals surface area contributed by atoms with Crippen molar-refractivity contribution >= 4 is 19.8 Å². The SMILES string of the molecule is CCCCCCCCCCCCCCCCCCCC(=O)OC(COC(=O)CCCCCCC)COP(=O)(O)O. The Hall–Kier alpha value is -0.950. The summed E-state index contributed by atoms with van der Waals surface area (Å²) in [6.45, 7) is 3.57. The van der Waals surface area contributed by atoms with Gasteiger partial charge in [0.1, 0.15) is 6.61 Å². The van der Waals surface area contributed by atoms with Crippen molar-refractivity contribution in [1.29, 1.82) is 0 Å². The fourth-order valence-corrected chi connectivity index (χ4v) is 5.03. The molecule has 0 saturated carbocycles. The Bertz CT molecular complexity index is 637. The third kappa shape index (κ3) is 30.0. The third-order valence-corrected chi connectivity index (χ3v) is 7.61. The van der Waals surface area contributed by atoms with Gasteiger partial charge < -0.3 is 19.3 Å². The van der Waals surface area contributed by atoms with Crippen LogP contribution in [0.1, 0.15) is 168 Å². The van der Waals surface area contributed by atoms with Crippen LogP contribution >= 0.6 is 7.82 Å². The van der Waals surface area contributed by atoms with Crippen molar-refractivity contribution in [3.05, 3.63) is 0 Å². The highest BCUT2D eigenvalue weighted by atomic mass is 31.2. The van der Waals surface area contributed by atoms with Gasteiger partial charge in [0.25, 0.3) is 0 Å². The molecule has 2 N–H and O–H groups in total. The predicted octanol–water partition coefficient (Wildman–Crippen LogP) is 8.95. The molecular formula is C31H61O8P. The summed E-state index contributed by atoms with van der Waals surface area (Å²) in [4.78, 5) is 42.1. The number of phosphoric ester groups is 1. The fraction of sp³-hybridized carbons (Fsp3) is 0.935. The van der Waals surface area contributed by atoms with Crippen LogP contribution in [0.3, 0.4) is 0 Å². The summed E-state index contributed by atoms with van der Waals surface area (Å²) in [5.74, 6) is -0.891. The highest BCUT2D eigenvalue weighted by molar-refractivity contribution is 7.46.